The molecule has 5 aromatic rings. The van der Waals surface area contributed by atoms with Gasteiger partial charge in [0.1, 0.15) is 11.5 Å². The number of aryl methyl sites for hydroxylation is 1. The molecule has 0 atom stereocenters. The Balaban J connectivity index is 1.01. The van der Waals surface area contributed by atoms with Crippen molar-refractivity contribution in [2.24, 2.45) is 0 Å². The molecule has 0 spiro atoms. The maximum Gasteiger partial charge on any atom is 0.268 e. The Labute approximate surface area is 335 Å². The number of halogens is 1. The molecular formula is C44H48ClN5O5S. The number of benzene rings is 5. The number of piperazine rings is 1. The molecule has 56 heavy (non-hydrogen) atoms. The van der Waals surface area contributed by atoms with Crippen molar-refractivity contribution in [1.82, 2.24) is 14.5 Å². The lowest BCUT2D eigenvalue weighted by molar-refractivity contribution is 0.0378. The molecule has 0 unspecified atom stereocenters. The minimum absolute atomic E-state index is 0.0121. The molecule has 0 aliphatic carbocycles. The van der Waals surface area contributed by atoms with Crippen LogP contribution in [-0.4, -0.2) is 89.7 Å². The zero-order valence-electron chi connectivity index (χ0n) is 31.6. The molecule has 1 amide bonds. The summed E-state index contributed by atoms with van der Waals surface area (Å²) in [5.74, 6) is 0.0394. The number of morpholine rings is 1. The van der Waals surface area contributed by atoms with E-state index in [1.54, 1.807) is 30.3 Å². The van der Waals surface area contributed by atoms with E-state index in [9.17, 15) is 13.2 Å². The van der Waals surface area contributed by atoms with Gasteiger partial charge in [0.15, 0.2) is 0 Å². The fourth-order valence-corrected chi connectivity index (χ4v) is 8.33. The number of sulfonamides is 1. The van der Waals surface area contributed by atoms with Crippen LogP contribution in [0.3, 0.4) is 0 Å². The van der Waals surface area contributed by atoms with Crippen molar-refractivity contribution < 1.29 is 22.7 Å². The highest BCUT2D eigenvalue weighted by Crippen LogP contribution is 2.32. The zero-order chi connectivity index (χ0) is 38.9. The molecule has 0 bridgehead atoms. The fourth-order valence-electron chi connectivity index (χ4n) is 7.16. The van der Waals surface area contributed by atoms with Crippen LogP contribution in [0.1, 0.15) is 27.9 Å². The standard InChI is InChI=1S/C44H48ClN5O5S/c1-33-30-39(17-19-42(33)46-20-7-21-48-26-28-54-29-27-48)56(52,53)47-44(51)41-18-16-37(31-43(41)55-38-9-3-2-4-10-38)50-24-22-49(23-25-50)32-35-8-5-6-11-40(35)34-12-14-36(45)15-13-34/h2-6,8-19,30-31,46H,7,20-29,32H2,1H3,(H,47,51). The lowest BCUT2D eigenvalue weighted by atomic mass is 9.99. The minimum Gasteiger partial charge on any atom is -0.456 e. The number of ether oxygens (including phenoxy) is 2. The predicted molar refractivity (Wildman–Crippen MR) is 224 cm³/mol. The first-order valence-electron chi connectivity index (χ1n) is 19.1. The Morgan fingerprint density at radius 3 is 2.29 bits per heavy atom. The topological polar surface area (TPSA) is 103 Å². The average molecular weight is 794 g/mol. The summed E-state index contributed by atoms with van der Waals surface area (Å²) in [6, 6.07) is 35.8. The Morgan fingerprint density at radius 1 is 0.804 bits per heavy atom. The van der Waals surface area contributed by atoms with Crippen LogP contribution < -0.4 is 19.7 Å². The molecule has 2 aliphatic heterocycles. The third kappa shape index (κ3) is 10.1. The van der Waals surface area contributed by atoms with Crippen molar-refractivity contribution in [1.29, 1.82) is 0 Å². The van der Waals surface area contributed by atoms with E-state index in [0.717, 1.165) is 101 Å². The molecule has 0 radical (unpaired) electrons. The number of carbonyl (C=O) groups is 1. The predicted octanol–water partition coefficient (Wildman–Crippen LogP) is 7.68. The zero-order valence-corrected chi connectivity index (χ0v) is 33.2. The molecule has 2 fully saturated rings. The molecule has 2 heterocycles. The molecule has 0 aromatic heterocycles. The Bertz CT molecular complexity index is 2210. The first-order chi connectivity index (χ1) is 27.2. The van der Waals surface area contributed by atoms with E-state index in [1.807, 2.05) is 49.4 Å². The smallest absolute Gasteiger partial charge is 0.268 e. The van der Waals surface area contributed by atoms with E-state index in [-0.39, 0.29) is 16.2 Å². The van der Waals surface area contributed by atoms with Crippen molar-refractivity contribution in [3.8, 4) is 22.6 Å². The van der Waals surface area contributed by atoms with Crippen LogP contribution in [0.15, 0.2) is 120 Å². The average Bonchev–Trinajstić information content (AvgIpc) is 3.21. The van der Waals surface area contributed by atoms with Crippen LogP contribution in [0, 0.1) is 6.92 Å². The maximum atomic E-state index is 13.7. The summed E-state index contributed by atoms with van der Waals surface area (Å²) < 4.78 is 41.1. The molecular weight excluding hydrogens is 746 g/mol. The van der Waals surface area contributed by atoms with Crippen molar-refractivity contribution in [3.05, 3.63) is 137 Å². The highest BCUT2D eigenvalue weighted by Gasteiger charge is 2.25. The van der Waals surface area contributed by atoms with Gasteiger partial charge < -0.3 is 19.7 Å². The summed E-state index contributed by atoms with van der Waals surface area (Å²) in [6.45, 7) is 11.1. The number of amides is 1. The highest BCUT2D eigenvalue weighted by atomic mass is 35.5. The Hall–Kier alpha value is -4.91. The second-order valence-corrected chi connectivity index (χ2v) is 16.3. The molecule has 0 saturated carbocycles. The van der Waals surface area contributed by atoms with E-state index in [2.05, 4.69) is 61.1 Å². The third-order valence-electron chi connectivity index (χ3n) is 10.3. The van der Waals surface area contributed by atoms with Crippen molar-refractivity contribution in [3.63, 3.8) is 0 Å². The SMILES string of the molecule is Cc1cc(S(=O)(=O)NC(=O)c2ccc(N3CCN(Cc4ccccc4-c4ccc(Cl)cc4)CC3)cc2Oc2ccccc2)ccc1NCCCN1CCOCC1. The van der Waals surface area contributed by atoms with E-state index in [1.165, 1.54) is 17.2 Å². The number of nitrogens with zero attached hydrogens (tertiary/aromatic N) is 3. The molecule has 12 heteroatoms. The monoisotopic (exact) mass is 793 g/mol. The minimum atomic E-state index is -4.18. The molecule has 2 aliphatic rings. The van der Waals surface area contributed by atoms with E-state index >= 15 is 0 Å². The normalized spacial score (nSPS) is 15.4. The lowest BCUT2D eigenvalue weighted by Gasteiger charge is -2.36. The quantitative estimate of drug-likeness (QED) is 0.110. The number of nitrogens with one attached hydrogen (secondary N) is 2. The maximum absolute atomic E-state index is 13.7. The van der Waals surface area contributed by atoms with Crippen molar-refractivity contribution in [2.45, 2.75) is 24.8 Å². The van der Waals surface area contributed by atoms with Gasteiger partial charge in [0.2, 0.25) is 0 Å². The van der Waals surface area contributed by atoms with Crippen LogP contribution in [-0.2, 0) is 21.3 Å². The third-order valence-corrected chi connectivity index (χ3v) is 11.9. The number of hydrogen-bond acceptors (Lipinski definition) is 9. The molecule has 2 N–H and O–H groups in total. The molecule has 2 saturated heterocycles. The van der Waals surface area contributed by atoms with Gasteiger partial charge in [-0.05, 0) is 96.7 Å². The molecule has 292 valence electrons. The Morgan fingerprint density at radius 2 is 1.54 bits per heavy atom. The van der Waals surface area contributed by atoms with E-state index in [4.69, 9.17) is 21.1 Å². The van der Waals surface area contributed by atoms with E-state index in [0.29, 0.717) is 10.8 Å². The van der Waals surface area contributed by atoms with Gasteiger partial charge in [0.25, 0.3) is 15.9 Å². The lowest BCUT2D eigenvalue weighted by Crippen LogP contribution is -2.46. The van der Waals surface area contributed by atoms with Gasteiger partial charge in [-0.15, -0.1) is 0 Å². The van der Waals surface area contributed by atoms with Crippen LogP contribution in [0.4, 0.5) is 11.4 Å². The number of carbonyl (C=O) groups excluding carboxylic acids is 1. The summed E-state index contributed by atoms with van der Waals surface area (Å²) in [5, 5.41) is 4.13. The number of para-hydroxylation sites is 1. The van der Waals surface area contributed by atoms with Gasteiger partial charge in [0.05, 0.1) is 23.7 Å². The van der Waals surface area contributed by atoms with Gasteiger partial charge in [-0.2, -0.15) is 0 Å². The summed E-state index contributed by atoms with van der Waals surface area (Å²) in [7, 11) is -4.18. The summed E-state index contributed by atoms with van der Waals surface area (Å²) in [4.78, 5) is 20.8. The number of anilines is 2. The molecule has 5 aromatic carbocycles. The van der Waals surface area contributed by atoms with Gasteiger partial charge in [-0.25, -0.2) is 13.1 Å². The van der Waals surface area contributed by atoms with Gasteiger partial charge >= 0.3 is 0 Å². The first-order valence-corrected chi connectivity index (χ1v) is 21.0. The van der Waals surface area contributed by atoms with Gasteiger partial charge in [-0.1, -0.05) is 66.2 Å². The van der Waals surface area contributed by atoms with E-state index < -0.39 is 15.9 Å². The number of hydrogen-bond donors (Lipinski definition) is 2. The molecule has 10 nitrogen and oxygen atoms in total. The number of rotatable bonds is 14. The second-order valence-electron chi connectivity index (χ2n) is 14.2. The van der Waals surface area contributed by atoms with Crippen molar-refractivity contribution >= 4 is 38.9 Å². The van der Waals surface area contributed by atoms with Gasteiger partial charge in [-0.3, -0.25) is 14.6 Å². The van der Waals surface area contributed by atoms with Crippen molar-refractivity contribution in [2.75, 3.05) is 75.8 Å². The van der Waals surface area contributed by atoms with Crippen LogP contribution >= 0.6 is 11.6 Å². The largest absolute Gasteiger partial charge is 0.456 e. The first kappa shape index (κ1) is 39.3. The fraction of sp³-hybridized carbons (Fsp3) is 0.295. The summed E-state index contributed by atoms with van der Waals surface area (Å²) in [6.07, 6.45) is 0.957. The van der Waals surface area contributed by atoms with Crippen LogP contribution in [0.25, 0.3) is 11.1 Å². The summed E-state index contributed by atoms with van der Waals surface area (Å²) >= 11 is 6.15. The van der Waals surface area contributed by atoms with Crippen LogP contribution in [0.5, 0.6) is 11.5 Å². The summed E-state index contributed by atoms with van der Waals surface area (Å²) in [5.41, 5.74) is 6.22. The Kier molecular flexibility index (Phi) is 12.9. The molecule has 7 rings (SSSR count). The highest BCUT2D eigenvalue weighted by molar-refractivity contribution is 7.90. The van der Waals surface area contributed by atoms with Crippen LogP contribution in [0.2, 0.25) is 5.02 Å². The second kappa shape index (κ2) is 18.4. The van der Waals surface area contributed by atoms with Gasteiger partial charge in [0, 0.05) is 74.8 Å².